The van der Waals surface area contributed by atoms with Crippen LogP contribution in [-0.2, 0) is 19.3 Å². The SMILES string of the molecule is CCCCc1c(O)c(Cc2c(O)c(Cl)c(O)c3c2OC(C)(CC)CC3)c(O)c(C)c1OC. The molecule has 1 unspecified atom stereocenters. The third-order valence-corrected chi connectivity index (χ3v) is 7.06. The number of halogens is 1. The van der Waals surface area contributed by atoms with Crippen molar-refractivity contribution in [2.24, 2.45) is 0 Å². The van der Waals surface area contributed by atoms with Crippen LogP contribution >= 0.6 is 11.6 Å². The van der Waals surface area contributed by atoms with E-state index in [-0.39, 0.29) is 40.0 Å². The summed E-state index contributed by atoms with van der Waals surface area (Å²) in [4.78, 5) is 0. The van der Waals surface area contributed by atoms with Crippen molar-refractivity contribution in [1.82, 2.24) is 0 Å². The largest absolute Gasteiger partial charge is 0.507 e. The molecule has 0 saturated heterocycles. The number of benzene rings is 2. The van der Waals surface area contributed by atoms with Crippen molar-refractivity contribution in [2.45, 2.75) is 78.2 Å². The van der Waals surface area contributed by atoms with Gasteiger partial charge in [-0.1, -0.05) is 31.9 Å². The second kappa shape index (κ2) is 9.18. The molecule has 2 aromatic rings. The molecule has 0 fully saturated rings. The lowest BCUT2D eigenvalue weighted by atomic mass is 9.87. The Balaban J connectivity index is 2.22. The lowest BCUT2D eigenvalue weighted by molar-refractivity contribution is 0.0589. The Kier molecular flexibility index (Phi) is 6.94. The molecule has 6 nitrogen and oxygen atoms in total. The Bertz CT molecular complexity index is 1030. The molecule has 0 spiro atoms. The molecule has 3 rings (SSSR count). The van der Waals surface area contributed by atoms with Crippen LogP contribution in [0.2, 0.25) is 5.02 Å². The van der Waals surface area contributed by atoms with Gasteiger partial charge in [0.2, 0.25) is 0 Å². The van der Waals surface area contributed by atoms with E-state index >= 15 is 0 Å². The summed E-state index contributed by atoms with van der Waals surface area (Å²) in [7, 11) is 1.51. The number of ether oxygens (including phenoxy) is 2. The van der Waals surface area contributed by atoms with Crippen LogP contribution in [0.15, 0.2) is 0 Å². The Morgan fingerprint density at radius 2 is 1.69 bits per heavy atom. The summed E-state index contributed by atoms with van der Waals surface area (Å²) >= 11 is 6.25. The Labute approximate surface area is 194 Å². The Morgan fingerprint density at radius 1 is 1.00 bits per heavy atom. The smallest absolute Gasteiger partial charge is 0.145 e. The summed E-state index contributed by atoms with van der Waals surface area (Å²) in [5.74, 6) is 0.148. The minimum absolute atomic E-state index is 0.0183. The van der Waals surface area contributed by atoms with Crippen molar-refractivity contribution in [3.63, 3.8) is 0 Å². The lowest BCUT2D eigenvalue weighted by Crippen LogP contribution is -2.36. The molecule has 32 heavy (non-hydrogen) atoms. The number of phenols is 4. The summed E-state index contributed by atoms with van der Waals surface area (Å²) in [6.45, 7) is 7.79. The summed E-state index contributed by atoms with van der Waals surface area (Å²) in [5, 5.41) is 43.3. The highest BCUT2D eigenvalue weighted by Gasteiger charge is 2.36. The van der Waals surface area contributed by atoms with Crippen LogP contribution in [0, 0.1) is 6.92 Å². The van der Waals surface area contributed by atoms with Gasteiger partial charge in [0, 0.05) is 34.2 Å². The molecule has 176 valence electrons. The van der Waals surface area contributed by atoms with Gasteiger partial charge in [-0.25, -0.2) is 0 Å². The second-order valence-electron chi connectivity index (χ2n) is 8.80. The molecule has 0 aliphatic carbocycles. The van der Waals surface area contributed by atoms with Gasteiger partial charge >= 0.3 is 0 Å². The van der Waals surface area contributed by atoms with E-state index in [2.05, 4.69) is 6.92 Å². The standard InChI is InChI=1S/C25H33ClO6/c1-6-8-9-14-20(28)16(19(27)13(3)23(14)31-5)12-17-22(30)18(26)21(29)15-10-11-25(4,7-2)32-24(15)17/h27-30H,6-12H2,1-5H3. The third-order valence-electron chi connectivity index (χ3n) is 6.70. The molecular weight excluding hydrogens is 432 g/mol. The van der Waals surface area contributed by atoms with E-state index in [1.165, 1.54) is 7.11 Å². The van der Waals surface area contributed by atoms with Gasteiger partial charge in [-0.2, -0.15) is 0 Å². The van der Waals surface area contributed by atoms with Gasteiger partial charge in [-0.15, -0.1) is 0 Å². The summed E-state index contributed by atoms with van der Waals surface area (Å²) in [6, 6.07) is 0. The van der Waals surface area contributed by atoms with Crippen molar-refractivity contribution >= 4 is 11.6 Å². The molecule has 1 aliphatic heterocycles. The highest BCUT2D eigenvalue weighted by molar-refractivity contribution is 6.33. The minimum atomic E-state index is -0.458. The zero-order chi connectivity index (χ0) is 23.8. The minimum Gasteiger partial charge on any atom is -0.507 e. The molecule has 0 aromatic heterocycles. The van der Waals surface area contributed by atoms with Crippen LogP contribution in [0.25, 0.3) is 0 Å². The van der Waals surface area contributed by atoms with E-state index in [0.29, 0.717) is 53.0 Å². The molecule has 7 heteroatoms. The monoisotopic (exact) mass is 464 g/mol. The van der Waals surface area contributed by atoms with Crippen molar-refractivity contribution in [2.75, 3.05) is 7.11 Å². The predicted molar refractivity (Wildman–Crippen MR) is 125 cm³/mol. The van der Waals surface area contributed by atoms with Gasteiger partial charge in [-0.3, -0.25) is 0 Å². The van der Waals surface area contributed by atoms with Crippen molar-refractivity contribution in [3.8, 4) is 34.5 Å². The van der Waals surface area contributed by atoms with E-state index in [0.717, 1.165) is 19.3 Å². The maximum Gasteiger partial charge on any atom is 0.145 e. The molecule has 4 N–H and O–H groups in total. The topological polar surface area (TPSA) is 99.4 Å². The van der Waals surface area contributed by atoms with Gasteiger partial charge in [0.15, 0.2) is 0 Å². The van der Waals surface area contributed by atoms with Gasteiger partial charge in [0.25, 0.3) is 0 Å². The van der Waals surface area contributed by atoms with Crippen LogP contribution in [0.5, 0.6) is 34.5 Å². The number of rotatable bonds is 7. The fourth-order valence-electron chi connectivity index (χ4n) is 4.40. The molecule has 2 aromatic carbocycles. The molecule has 0 radical (unpaired) electrons. The van der Waals surface area contributed by atoms with Crippen LogP contribution in [0.4, 0.5) is 0 Å². The third kappa shape index (κ3) is 4.01. The number of hydrogen-bond acceptors (Lipinski definition) is 6. The highest BCUT2D eigenvalue weighted by atomic mass is 35.5. The summed E-state index contributed by atoms with van der Waals surface area (Å²) in [5.41, 5.74) is 1.81. The van der Waals surface area contributed by atoms with E-state index in [9.17, 15) is 20.4 Å². The van der Waals surface area contributed by atoms with Crippen LogP contribution < -0.4 is 9.47 Å². The van der Waals surface area contributed by atoms with Crippen LogP contribution in [0.3, 0.4) is 0 Å². The zero-order valence-corrected chi connectivity index (χ0v) is 20.2. The van der Waals surface area contributed by atoms with Gasteiger partial charge in [0.1, 0.15) is 45.1 Å². The summed E-state index contributed by atoms with van der Waals surface area (Å²) in [6.07, 6.45) is 4.33. The molecule has 0 bridgehead atoms. The fourth-order valence-corrected chi connectivity index (χ4v) is 4.63. The molecule has 0 amide bonds. The van der Waals surface area contributed by atoms with Crippen molar-refractivity contribution in [1.29, 1.82) is 0 Å². The van der Waals surface area contributed by atoms with Crippen LogP contribution in [0.1, 0.15) is 74.3 Å². The van der Waals surface area contributed by atoms with Crippen molar-refractivity contribution < 1.29 is 29.9 Å². The first-order valence-electron chi connectivity index (χ1n) is 11.1. The molecule has 1 atom stereocenters. The quantitative estimate of drug-likeness (QED) is 0.406. The maximum absolute atomic E-state index is 11.1. The number of unbranched alkanes of at least 4 members (excludes halogenated alkanes) is 1. The first-order valence-corrected chi connectivity index (χ1v) is 11.5. The number of fused-ring (bicyclic) bond motifs is 1. The zero-order valence-electron chi connectivity index (χ0n) is 19.4. The van der Waals surface area contributed by atoms with E-state index in [1.54, 1.807) is 6.92 Å². The van der Waals surface area contributed by atoms with E-state index in [1.807, 2.05) is 13.8 Å². The Morgan fingerprint density at radius 3 is 2.28 bits per heavy atom. The maximum atomic E-state index is 11.1. The first-order chi connectivity index (χ1) is 15.1. The highest BCUT2D eigenvalue weighted by Crippen LogP contribution is 2.52. The fraction of sp³-hybridized carbons (Fsp3) is 0.520. The first kappa shape index (κ1) is 24.2. The molecular formula is C25H33ClO6. The lowest BCUT2D eigenvalue weighted by Gasteiger charge is -2.37. The molecule has 0 saturated carbocycles. The number of aromatic hydroxyl groups is 4. The van der Waals surface area contributed by atoms with Crippen molar-refractivity contribution in [3.05, 3.63) is 32.8 Å². The molecule has 1 aliphatic rings. The normalized spacial score (nSPS) is 17.7. The molecule has 1 heterocycles. The van der Waals surface area contributed by atoms with Gasteiger partial charge in [-0.05, 0) is 46.0 Å². The van der Waals surface area contributed by atoms with Gasteiger partial charge in [0.05, 0.1) is 7.11 Å². The van der Waals surface area contributed by atoms with E-state index in [4.69, 9.17) is 21.1 Å². The average molecular weight is 465 g/mol. The average Bonchev–Trinajstić information content (AvgIpc) is 2.78. The number of hydrogen-bond donors (Lipinski definition) is 4. The second-order valence-corrected chi connectivity index (χ2v) is 9.17. The van der Waals surface area contributed by atoms with E-state index < -0.39 is 5.60 Å². The predicted octanol–water partition coefficient (Wildman–Crippen LogP) is 5.91. The number of phenolic OH excluding ortho intramolecular Hbond substituents is 4. The van der Waals surface area contributed by atoms with Gasteiger partial charge < -0.3 is 29.9 Å². The number of methoxy groups -OCH3 is 1. The van der Waals surface area contributed by atoms with Crippen LogP contribution in [-0.4, -0.2) is 33.1 Å². The summed E-state index contributed by atoms with van der Waals surface area (Å²) < 4.78 is 11.8. The Hall–Kier alpha value is -2.47.